The van der Waals surface area contributed by atoms with Gasteiger partial charge in [0.25, 0.3) is 0 Å². The Morgan fingerprint density at radius 1 is 1.09 bits per heavy atom. The molecular formula is C35H46BrN3O8. The van der Waals surface area contributed by atoms with E-state index in [2.05, 4.69) is 28.2 Å². The molecule has 1 aromatic rings. The van der Waals surface area contributed by atoms with Gasteiger partial charge in [0.2, 0.25) is 17.7 Å². The first-order valence-electron chi connectivity index (χ1n) is 16.7. The summed E-state index contributed by atoms with van der Waals surface area (Å²) in [6, 6.07) is 6.63. The van der Waals surface area contributed by atoms with Gasteiger partial charge in [-0.25, -0.2) is 0 Å². The van der Waals surface area contributed by atoms with E-state index in [0.29, 0.717) is 29.4 Å². The van der Waals surface area contributed by atoms with Crippen LogP contribution < -0.4 is 5.32 Å². The molecule has 47 heavy (non-hydrogen) atoms. The summed E-state index contributed by atoms with van der Waals surface area (Å²) in [6.07, 6.45) is 7.44. The Morgan fingerprint density at radius 2 is 1.85 bits per heavy atom. The van der Waals surface area contributed by atoms with Crippen molar-refractivity contribution < 1.29 is 38.5 Å². The number of ether oxygens (including phenoxy) is 3. The summed E-state index contributed by atoms with van der Waals surface area (Å²) < 4.78 is 18.9. The van der Waals surface area contributed by atoms with Crippen molar-refractivity contribution in [1.82, 2.24) is 15.1 Å². The highest BCUT2D eigenvalue weighted by Gasteiger charge is 2.75. The van der Waals surface area contributed by atoms with E-state index in [9.17, 15) is 24.3 Å². The molecule has 8 atom stereocenters. The zero-order valence-corrected chi connectivity index (χ0v) is 28.9. The number of nitrogens with one attached hydrogen (secondary N) is 1. The van der Waals surface area contributed by atoms with Crippen molar-refractivity contribution in [1.29, 1.82) is 0 Å². The van der Waals surface area contributed by atoms with Crippen LogP contribution in [0.3, 0.4) is 0 Å². The maximum Gasteiger partial charge on any atom is 0.313 e. The maximum absolute atomic E-state index is 14.7. The van der Waals surface area contributed by atoms with E-state index in [0.717, 1.165) is 19.3 Å². The third-order valence-electron chi connectivity index (χ3n) is 9.75. The smallest absolute Gasteiger partial charge is 0.313 e. The first-order valence-corrected chi connectivity index (χ1v) is 17.5. The molecule has 4 heterocycles. The van der Waals surface area contributed by atoms with E-state index >= 15 is 0 Å². The predicted molar refractivity (Wildman–Crippen MR) is 177 cm³/mol. The van der Waals surface area contributed by atoms with Crippen LogP contribution in [-0.2, 0) is 33.4 Å². The molecule has 1 aromatic carbocycles. The summed E-state index contributed by atoms with van der Waals surface area (Å²) >= 11 is 3.60. The molecule has 11 nitrogen and oxygen atoms in total. The molecule has 256 valence electrons. The molecule has 2 N–H and O–H groups in total. The molecule has 5 rings (SSSR count). The van der Waals surface area contributed by atoms with Gasteiger partial charge in [0, 0.05) is 31.1 Å². The molecular weight excluding hydrogens is 670 g/mol. The number of rotatable bonds is 10. The number of methoxy groups -OCH3 is 1. The number of cyclic esters (lactones) is 1. The Labute approximate surface area is 284 Å². The van der Waals surface area contributed by atoms with Crippen LogP contribution in [-0.4, -0.2) is 102 Å². The number of esters is 1. The number of carbonyl (C=O) groups is 4. The first-order chi connectivity index (χ1) is 22.7. The fraction of sp³-hybridized carbons (Fsp3) is 0.600. The van der Waals surface area contributed by atoms with Crippen LogP contribution in [0.2, 0.25) is 0 Å². The van der Waals surface area contributed by atoms with Gasteiger partial charge in [-0.3, -0.25) is 19.2 Å². The monoisotopic (exact) mass is 715 g/mol. The standard InChI is InChI=1S/C35H46BrN3O8/c1-4-6-12-17-38-18-13-8-11-16-26(41)37-25(21-45-3)29(22-14-9-7-10-15-22)46-34(44)27-28-32(42)39(23(5-2)20-40)31(33(38)43)35(28)19-24(36)30(27)47-35/h7-10,13-15,19,23,25,27-31,40H,4-6,11-12,16-18,20-21H2,1-3H3,(H,37,41)/b13-8-/t23-,25-,27+,28-,29-,30+,31+,35-/m0/s1. The summed E-state index contributed by atoms with van der Waals surface area (Å²) in [4.78, 5) is 60.0. The summed E-state index contributed by atoms with van der Waals surface area (Å²) in [5.41, 5.74) is -0.789. The Balaban J connectivity index is 1.62. The minimum atomic E-state index is -1.44. The van der Waals surface area contributed by atoms with E-state index in [4.69, 9.17) is 14.2 Å². The number of benzene rings is 1. The highest BCUT2D eigenvalue weighted by Crippen LogP contribution is 2.59. The van der Waals surface area contributed by atoms with Crippen LogP contribution in [0.4, 0.5) is 0 Å². The molecule has 0 saturated carbocycles. The lowest BCUT2D eigenvalue weighted by molar-refractivity contribution is -0.163. The van der Waals surface area contributed by atoms with Gasteiger partial charge in [0.15, 0.2) is 0 Å². The second-order valence-electron chi connectivity index (χ2n) is 12.7. The number of halogens is 1. The average Bonchev–Trinajstić information content (AvgIpc) is 3.66. The first kappa shape index (κ1) is 35.3. The second kappa shape index (κ2) is 15.4. The van der Waals surface area contributed by atoms with Gasteiger partial charge < -0.3 is 34.4 Å². The van der Waals surface area contributed by atoms with Crippen LogP contribution in [0.1, 0.15) is 64.0 Å². The van der Waals surface area contributed by atoms with Crippen molar-refractivity contribution in [3.8, 4) is 0 Å². The number of aliphatic hydroxyl groups is 1. The molecule has 5 bridgehead atoms. The van der Waals surface area contributed by atoms with Gasteiger partial charge in [-0.15, -0.1) is 0 Å². The molecule has 0 radical (unpaired) electrons. The molecule has 0 aromatic heterocycles. The third-order valence-corrected chi connectivity index (χ3v) is 10.4. The summed E-state index contributed by atoms with van der Waals surface area (Å²) in [5.74, 6) is -3.77. The van der Waals surface area contributed by atoms with Crippen LogP contribution in [0.15, 0.2) is 53.0 Å². The third kappa shape index (κ3) is 6.79. The van der Waals surface area contributed by atoms with Crippen molar-refractivity contribution in [2.75, 3.05) is 33.4 Å². The Hall–Kier alpha value is -3.06. The van der Waals surface area contributed by atoms with Gasteiger partial charge in [0.1, 0.15) is 29.8 Å². The minimum Gasteiger partial charge on any atom is -0.455 e. The highest BCUT2D eigenvalue weighted by atomic mass is 79.9. The fourth-order valence-corrected chi connectivity index (χ4v) is 8.19. The van der Waals surface area contributed by atoms with Gasteiger partial charge in [-0.1, -0.05) is 85.1 Å². The number of hydrogen-bond donors (Lipinski definition) is 2. The van der Waals surface area contributed by atoms with Crippen LogP contribution in [0, 0.1) is 11.8 Å². The number of amides is 3. The molecule has 1 spiro atoms. The normalized spacial score (nSPS) is 32.6. The lowest BCUT2D eigenvalue weighted by Gasteiger charge is -2.38. The fourth-order valence-electron chi connectivity index (χ4n) is 7.46. The Morgan fingerprint density at radius 3 is 2.53 bits per heavy atom. The topological polar surface area (TPSA) is 135 Å². The van der Waals surface area contributed by atoms with E-state index in [1.807, 2.05) is 49.4 Å². The Kier molecular flexibility index (Phi) is 11.6. The minimum absolute atomic E-state index is 0.0701. The largest absolute Gasteiger partial charge is 0.455 e. The predicted octanol–water partition coefficient (Wildman–Crippen LogP) is 3.42. The van der Waals surface area contributed by atoms with Crippen LogP contribution in [0.25, 0.3) is 0 Å². The molecule has 12 heteroatoms. The van der Waals surface area contributed by atoms with Gasteiger partial charge >= 0.3 is 5.97 Å². The number of likely N-dealkylation sites (tertiary alicyclic amines) is 1. The number of nitrogens with zero attached hydrogens (tertiary/aromatic N) is 2. The van der Waals surface area contributed by atoms with Crippen molar-refractivity contribution >= 4 is 39.6 Å². The van der Waals surface area contributed by atoms with E-state index in [-0.39, 0.29) is 38.0 Å². The molecule has 4 aliphatic heterocycles. The van der Waals surface area contributed by atoms with Gasteiger partial charge in [-0.05, 0) is 30.9 Å². The van der Waals surface area contributed by atoms with E-state index in [1.54, 1.807) is 11.0 Å². The highest BCUT2D eigenvalue weighted by molar-refractivity contribution is 9.11. The SMILES string of the molecule is CCCCCN1C/C=C\CCC(=O)N[C@@H](COC)[C@H](c2ccccc2)OC(=O)[C@H]2[C@@H]3O[C@@]4(C=C3Br)[C@@H]2C(=O)N([C@@H](CC)CO)[C@@H]4C1=O. The molecule has 2 fully saturated rings. The number of hydrogen-bond acceptors (Lipinski definition) is 8. The average molecular weight is 717 g/mol. The number of aliphatic hydroxyl groups excluding tert-OH is 1. The maximum atomic E-state index is 14.7. The number of carbonyl (C=O) groups excluding carboxylic acids is 4. The number of allylic oxidation sites excluding steroid dienone is 1. The van der Waals surface area contributed by atoms with Crippen molar-refractivity contribution in [3.05, 3.63) is 58.6 Å². The van der Waals surface area contributed by atoms with Gasteiger partial charge in [-0.2, -0.15) is 0 Å². The molecule has 0 unspecified atom stereocenters. The lowest BCUT2D eigenvalue weighted by Crippen LogP contribution is -2.58. The quantitative estimate of drug-likeness (QED) is 0.214. The molecule has 4 aliphatic rings. The zero-order valence-electron chi connectivity index (χ0n) is 27.3. The van der Waals surface area contributed by atoms with Crippen molar-refractivity contribution in [2.45, 2.75) is 88.3 Å². The zero-order chi connectivity index (χ0) is 33.7. The van der Waals surface area contributed by atoms with E-state index in [1.165, 1.54) is 12.0 Å². The van der Waals surface area contributed by atoms with Crippen molar-refractivity contribution in [2.24, 2.45) is 11.8 Å². The number of fused-ring (bicyclic) bond motifs is 2. The molecule has 2 saturated heterocycles. The van der Waals surface area contributed by atoms with Crippen LogP contribution in [0.5, 0.6) is 0 Å². The van der Waals surface area contributed by atoms with Gasteiger partial charge in [0.05, 0.1) is 31.2 Å². The summed E-state index contributed by atoms with van der Waals surface area (Å²) in [6.45, 7) is 4.41. The molecule has 0 aliphatic carbocycles. The van der Waals surface area contributed by atoms with Crippen molar-refractivity contribution in [3.63, 3.8) is 0 Å². The summed E-state index contributed by atoms with van der Waals surface area (Å²) in [5, 5.41) is 13.4. The molecule has 3 amide bonds. The number of unbranched alkanes of at least 4 members (excludes halogenated alkanes) is 2. The second-order valence-corrected chi connectivity index (χ2v) is 13.6. The Bertz CT molecular complexity index is 1370. The summed E-state index contributed by atoms with van der Waals surface area (Å²) in [7, 11) is 1.51. The lowest BCUT2D eigenvalue weighted by atomic mass is 9.74. The van der Waals surface area contributed by atoms with Crippen LogP contribution >= 0.6 is 15.9 Å². The van der Waals surface area contributed by atoms with E-state index < -0.39 is 59.6 Å².